The van der Waals surface area contributed by atoms with E-state index in [9.17, 15) is 12.8 Å². The van der Waals surface area contributed by atoms with E-state index in [0.717, 1.165) is 0 Å². The van der Waals surface area contributed by atoms with Crippen LogP contribution in [0.3, 0.4) is 0 Å². The largest absolute Gasteiger partial charge is 0.436 e. The van der Waals surface area contributed by atoms with E-state index >= 15 is 0 Å². The summed E-state index contributed by atoms with van der Waals surface area (Å²) in [6.07, 6.45) is 0. The van der Waals surface area contributed by atoms with Crippen LogP contribution >= 0.6 is 0 Å². The lowest BCUT2D eigenvalue weighted by Gasteiger charge is -1.93. The fourth-order valence-electron chi connectivity index (χ4n) is 1.74. The van der Waals surface area contributed by atoms with Gasteiger partial charge in [0.15, 0.2) is 16.3 Å². The van der Waals surface area contributed by atoms with Crippen molar-refractivity contribution in [1.82, 2.24) is 4.98 Å². The molecule has 3 aromatic rings. The topological polar surface area (TPSA) is 60.2 Å². The van der Waals surface area contributed by atoms with Crippen molar-refractivity contribution in [3.05, 3.63) is 48.3 Å². The van der Waals surface area contributed by atoms with Crippen molar-refractivity contribution in [1.29, 1.82) is 0 Å². The van der Waals surface area contributed by atoms with Crippen molar-refractivity contribution in [2.24, 2.45) is 0 Å². The van der Waals surface area contributed by atoms with E-state index < -0.39 is 10.7 Å². The smallest absolute Gasteiger partial charge is 0.227 e. The maximum Gasteiger partial charge on any atom is 0.227 e. The Kier molecular flexibility index (Phi) is 2.79. The molecule has 19 heavy (non-hydrogen) atoms. The van der Waals surface area contributed by atoms with Crippen LogP contribution in [0.25, 0.3) is 22.6 Å². The maximum atomic E-state index is 12.8. The van der Waals surface area contributed by atoms with Crippen LogP contribution in [-0.2, 0) is 10.7 Å². The van der Waals surface area contributed by atoms with Gasteiger partial charge in [-0.1, -0.05) is 0 Å². The Balaban J connectivity index is 2.13. The van der Waals surface area contributed by atoms with Gasteiger partial charge in [0.1, 0.15) is 11.3 Å². The first-order chi connectivity index (χ1) is 9.13. The van der Waals surface area contributed by atoms with Crippen LogP contribution in [0.15, 0.2) is 51.8 Å². The van der Waals surface area contributed by atoms with Gasteiger partial charge in [-0.15, -0.1) is 0 Å². The summed E-state index contributed by atoms with van der Waals surface area (Å²) >= 11 is 0. The first-order valence-corrected chi connectivity index (χ1v) is 6.62. The number of thiol groups is 1. The van der Waals surface area contributed by atoms with Crippen molar-refractivity contribution >= 4 is 21.8 Å². The number of hydrogen-bond acceptors (Lipinski definition) is 4. The normalized spacial score (nSPS) is 11.3. The van der Waals surface area contributed by atoms with Gasteiger partial charge in [-0.25, -0.2) is 17.8 Å². The number of oxazole rings is 1. The second-order valence-corrected chi connectivity index (χ2v) is 4.97. The summed E-state index contributed by atoms with van der Waals surface area (Å²) in [5, 5.41) is 0. The van der Waals surface area contributed by atoms with Crippen molar-refractivity contribution in [3.63, 3.8) is 0 Å². The molecule has 0 aliphatic heterocycles. The SMILES string of the molecule is O=[SH](=O)c1ccc2nc(-c3ccc(F)cc3)oc2c1. The fraction of sp³-hybridized carbons (Fsp3) is 0. The van der Waals surface area contributed by atoms with Crippen LogP contribution in [0, 0.1) is 5.82 Å². The molecule has 2 aromatic carbocycles. The monoisotopic (exact) mass is 277 g/mol. The lowest BCUT2D eigenvalue weighted by molar-refractivity contribution is 0.609. The van der Waals surface area contributed by atoms with Crippen molar-refractivity contribution in [3.8, 4) is 11.5 Å². The second kappa shape index (κ2) is 4.47. The van der Waals surface area contributed by atoms with Crippen LogP contribution in [0.4, 0.5) is 4.39 Å². The van der Waals surface area contributed by atoms with Gasteiger partial charge >= 0.3 is 0 Å². The Morgan fingerprint density at radius 1 is 1.05 bits per heavy atom. The highest BCUT2D eigenvalue weighted by Crippen LogP contribution is 2.25. The fourth-order valence-corrected chi connectivity index (χ4v) is 2.16. The molecule has 0 aliphatic carbocycles. The summed E-state index contributed by atoms with van der Waals surface area (Å²) in [5.74, 6) is -0.0150. The Morgan fingerprint density at radius 2 is 1.79 bits per heavy atom. The van der Waals surface area contributed by atoms with Crippen LogP contribution in [0.5, 0.6) is 0 Å². The van der Waals surface area contributed by atoms with Gasteiger partial charge in [0, 0.05) is 11.6 Å². The minimum atomic E-state index is -2.66. The molecule has 0 spiro atoms. The van der Waals surface area contributed by atoms with Crippen LogP contribution in [-0.4, -0.2) is 13.4 Å². The second-order valence-electron chi connectivity index (χ2n) is 3.94. The molecule has 1 aromatic heterocycles. The molecule has 6 heteroatoms. The summed E-state index contributed by atoms with van der Waals surface area (Å²) < 4.78 is 40.1. The molecule has 0 radical (unpaired) electrons. The Hall–Kier alpha value is -2.21. The Morgan fingerprint density at radius 3 is 2.47 bits per heavy atom. The molecule has 0 aliphatic rings. The minimum absolute atomic E-state index is 0.171. The van der Waals surface area contributed by atoms with E-state index in [2.05, 4.69) is 4.98 Å². The van der Waals surface area contributed by atoms with Gasteiger partial charge in [0.05, 0.1) is 4.90 Å². The van der Waals surface area contributed by atoms with Crippen LogP contribution in [0.1, 0.15) is 0 Å². The summed E-state index contributed by atoms with van der Waals surface area (Å²) in [7, 11) is -2.66. The van der Waals surface area contributed by atoms with Crippen LogP contribution in [0.2, 0.25) is 0 Å². The molecule has 0 atom stereocenters. The van der Waals surface area contributed by atoms with Crippen molar-refractivity contribution in [2.45, 2.75) is 4.90 Å². The molecule has 96 valence electrons. The third kappa shape index (κ3) is 2.22. The first kappa shape index (κ1) is 11.9. The number of aromatic nitrogens is 1. The number of fused-ring (bicyclic) bond motifs is 1. The average molecular weight is 277 g/mol. The predicted molar refractivity (Wildman–Crippen MR) is 68.0 cm³/mol. The van der Waals surface area contributed by atoms with Crippen LogP contribution < -0.4 is 0 Å². The Bertz CT molecular complexity index is 814. The van der Waals surface area contributed by atoms with Gasteiger partial charge in [0.25, 0.3) is 0 Å². The quantitative estimate of drug-likeness (QED) is 0.731. The molecule has 0 unspecified atom stereocenters. The lowest BCUT2D eigenvalue weighted by atomic mass is 10.2. The lowest BCUT2D eigenvalue weighted by Crippen LogP contribution is -1.79. The van der Waals surface area contributed by atoms with Gasteiger partial charge in [-0.05, 0) is 36.4 Å². The molecule has 0 N–H and O–H groups in total. The van der Waals surface area contributed by atoms with Gasteiger partial charge in [-0.2, -0.15) is 0 Å². The zero-order valence-corrected chi connectivity index (χ0v) is 10.4. The van der Waals surface area contributed by atoms with Crippen molar-refractivity contribution in [2.75, 3.05) is 0 Å². The van der Waals surface area contributed by atoms with E-state index in [1.807, 2.05) is 0 Å². The number of benzene rings is 2. The highest BCUT2D eigenvalue weighted by atomic mass is 32.2. The average Bonchev–Trinajstić information content (AvgIpc) is 2.82. The molecule has 1 heterocycles. The van der Waals surface area contributed by atoms with E-state index in [1.165, 1.54) is 24.3 Å². The van der Waals surface area contributed by atoms with E-state index in [1.54, 1.807) is 18.2 Å². The number of nitrogens with zero attached hydrogens (tertiary/aromatic N) is 1. The highest BCUT2D eigenvalue weighted by Gasteiger charge is 2.09. The number of halogens is 1. The van der Waals surface area contributed by atoms with E-state index in [0.29, 0.717) is 22.6 Å². The Labute approximate surface area is 109 Å². The third-order valence-corrected chi connectivity index (χ3v) is 3.37. The highest BCUT2D eigenvalue weighted by molar-refractivity contribution is 7.72. The molecule has 0 saturated heterocycles. The molecule has 0 fully saturated rings. The summed E-state index contributed by atoms with van der Waals surface area (Å²) in [5.41, 5.74) is 1.57. The van der Waals surface area contributed by atoms with E-state index in [4.69, 9.17) is 4.42 Å². The molecule has 0 saturated carbocycles. The molecule has 0 amide bonds. The zero-order valence-electron chi connectivity index (χ0n) is 9.54. The van der Waals surface area contributed by atoms with Gasteiger partial charge in [0.2, 0.25) is 5.89 Å². The minimum Gasteiger partial charge on any atom is -0.436 e. The first-order valence-electron chi connectivity index (χ1n) is 5.44. The summed E-state index contributed by atoms with van der Waals surface area (Å²) in [6, 6.07) is 10.2. The van der Waals surface area contributed by atoms with E-state index in [-0.39, 0.29) is 10.7 Å². The summed E-state index contributed by atoms with van der Waals surface area (Å²) in [6.45, 7) is 0. The molecule has 0 bridgehead atoms. The molecule has 4 nitrogen and oxygen atoms in total. The molecule has 3 rings (SSSR count). The number of hydrogen-bond donors (Lipinski definition) is 1. The zero-order chi connectivity index (χ0) is 13.4. The van der Waals surface area contributed by atoms with Gasteiger partial charge in [-0.3, -0.25) is 0 Å². The number of rotatable bonds is 2. The van der Waals surface area contributed by atoms with Crippen molar-refractivity contribution < 1.29 is 17.2 Å². The third-order valence-electron chi connectivity index (χ3n) is 2.67. The summed E-state index contributed by atoms with van der Waals surface area (Å²) in [4.78, 5) is 4.40. The maximum absolute atomic E-state index is 12.8. The molecular weight excluding hydrogens is 269 g/mol. The molecular formula is C13H8FNO3S. The van der Waals surface area contributed by atoms with Gasteiger partial charge < -0.3 is 4.42 Å². The standard InChI is InChI=1S/C13H8FNO3S/c14-9-3-1-8(2-4-9)13-15-11-6-5-10(19(16)17)7-12(11)18-13/h1-7,19H. The predicted octanol–water partition coefficient (Wildman–Crippen LogP) is 2.60.